The molecule has 1 N–H and O–H groups in total. The maximum atomic E-state index is 12.8. The summed E-state index contributed by atoms with van der Waals surface area (Å²) < 4.78 is 32.3. The molecule has 0 saturated heterocycles. The molecule has 0 amide bonds. The summed E-state index contributed by atoms with van der Waals surface area (Å²) in [6.07, 6.45) is 0. The van der Waals surface area contributed by atoms with Gasteiger partial charge < -0.3 is 10.1 Å². The highest BCUT2D eigenvalue weighted by Crippen LogP contribution is 2.29. The normalized spacial score (nSPS) is 12.2. The van der Waals surface area contributed by atoms with E-state index in [0.717, 1.165) is 10.4 Å². The molecular weight excluding hydrogens is 296 g/mol. The molecule has 0 saturated carbocycles. The van der Waals surface area contributed by atoms with Crippen LogP contribution in [-0.2, 0) is 21.3 Å². The quantitative estimate of drug-likeness (QED) is 0.705. The van der Waals surface area contributed by atoms with Gasteiger partial charge in [-0.2, -0.15) is 4.31 Å². The second-order valence-corrected chi connectivity index (χ2v) is 7.23. The van der Waals surface area contributed by atoms with Crippen molar-refractivity contribution in [2.45, 2.75) is 32.2 Å². The van der Waals surface area contributed by atoms with Crippen LogP contribution in [0.3, 0.4) is 0 Å². The number of sulfonamides is 1. The van der Waals surface area contributed by atoms with Gasteiger partial charge >= 0.3 is 0 Å². The second-order valence-electron chi connectivity index (χ2n) is 4.39. The van der Waals surface area contributed by atoms with Crippen LogP contribution in [0.25, 0.3) is 0 Å². The molecule has 0 fully saturated rings. The number of thiophene rings is 1. The van der Waals surface area contributed by atoms with Gasteiger partial charge in [0, 0.05) is 31.1 Å². The number of nitrogens with one attached hydrogen (secondary N) is 1. The molecule has 7 heteroatoms. The van der Waals surface area contributed by atoms with Gasteiger partial charge in [0.05, 0.1) is 6.61 Å². The predicted molar refractivity (Wildman–Crippen MR) is 82.7 cm³/mol. The number of hydrogen-bond acceptors (Lipinski definition) is 5. The zero-order valence-electron chi connectivity index (χ0n) is 12.6. The predicted octanol–water partition coefficient (Wildman–Crippen LogP) is 1.82. The van der Waals surface area contributed by atoms with Crippen molar-refractivity contribution >= 4 is 21.4 Å². The fourth-order valence-corrected chi connectivity index (χ4v) is 5.21. The molecule has 1 heterocycles. The molecule has 0 aromatic carbocycles. The molecule has 0 aliphatic heterocycles. The molecule has 20 heavy (non-hydrogen) atoms. The zero-order chi connectivity index (χ0) is 15.2. The number of rotatable bonds is 9. The number of ether oxygens (including phenoxy) is 1. The third-order valence-corrected chi connectivity index (χ3v) is 6.40. The van der Waals surface area contributed by atoms with Crippen molar-refractivity contribution in [3.05, 3.63) is 15.8 Å². The Kier molecular flexibility index (Phi) is 7.11. The van der Waals surface area contributed by atoms with Crippen LogP contribution in [0, 0.1) is 6.92 Å². The van der Waals surface area contributed by atoms with Crippen molar-refractivity contribution in [1.82, 2.24) is 9.62 Å². The molecule has 0 spiro atoms. The van der Waals surface area contributed by atoms with Gasteiger partial charge in [-0.25, -0.2) is 8.42 Å². The summed E-state index contributed by atoms with van der Waals surface area (Å²) in [7, 11) is -1.63. The van der Waals surface area contributed by atoms with E-state index < -0.39 is 10.0 Å². The summed E-state index contributed by atoms with van der Waals surface area (Å²) in [5.74, 6) is 0. The summed E-state index contributed by atoms with van der Waals surface area (Å²) in [6.45, 7) is 8.02. The molecule has 1 aromatic heterocycles. The van der Waals surface area contributed by atoms with E-state index in [9.17, 15) is 8.42 Å². The Morgan fingerprint density at radius 2 is 2.10 bits per heavy atom. The van der Waals surface area contributed by atoms with E-state index in [1.165, 1.54) is 15.6 Å². The van der Waals surface area contributed by atoms with Crippen LogP contribution in [0.4, 0.5) is 0 Å². The Morgan fingerprint density at radius 1 is 1.40 bits per heavy atom. The topological polar surface area (TPSA) is 58.6 Å². The summed E-state index contributed by atoms with van der Waals surface area (Å²) in [5, 5.41) is 4.92. The Bertz CT molecular complexity index is 512. The van der Waals surface area contributed by atoms with Crippen LogP contribution in [-0.4, -0.2) is 46.1 Å². The molecule has 116 valence electrons. The van der Waals surface area contributed by atoms with Crippen molar-refractivity contribution in [1.29, 1.82) is 0 Å². The van der Waals surface area contributed by atoms with E-state index in [0.29, 0.717) is 37.7 Å². The minimum Gasteiger partial charge on any atom is -0.380 e. The van der Waals surface area contributed by atoms with Gasteiger partial charge in [-0.3, -0.25) is 0 Å². The SMILES string of the molecule is CCOCCN(CC)S(=O)(=O)c1c(C)csc1CNC. The first-order chi connectivity index (χ1) is 9.48. The van der Waals surface area contributed by atoms with Gasteiger partial charge in [0.1, 0.15) is 4.90 Å². The third-order valence-electron chi connectivity index (χ3n) is 2.97. The fraction of sp³-hybridized carbons (Fsp3) is 0.692. The first-order valence-corrected chi connectivity index (χ1v) is 9.10. The zero-order valence-corrected chi connectivity index (χ0v) is 14.2. The molecule has 0 aliphatic rings. The molecule has 0 unspecified atom stereocenters. The van der Waals surface area contributed by atoms with E-state index in [1.807, 2.05) is 33.2 Å². The molecule has 5 nitrogen and oxygen atoms in total. The van der Waals surface area contributed by atoms with Gasteiger partial charge in [-0.15, -0.1) is 11.3 Å². The maximum absolute atomic E-state index is 12.8. The van der Waals surface area contributed by atoms with Crippen molar-refractivity contribution in [3.8, 4) is 0 Å². The number of hydrogen-bond donors (Lipinski definition) is 1. The van der Waals surface area contributed by atoms with Gasteiger partial charge in [-0.1, -0.05) is 6.92 Å². The third kappa shape index (κ3) is 4.02. The lowest BCUT2D eigenvalue weighted by molar-refractivity contribution is 0.135. The number of nitrogens with zero attached hydrogens (tertiary/aromatic N) is 1. The molecule has 1 rings (SSSR count). The van der Waals surface area contributed by atoms with Crippen LogP contribution in [0.2, 0.25) is 0 Å². The summed E-state index contributed by atoms with van der Waals surface area (Å²) in [4.78, 5) is 1.31. The van der Waals surface area contributed by atoms with Gasteiger partial charge in [0.15, 0.2) is 0 Å². The van der Waals surface area contributed by atoms with E-state index in [2.05, 4.69) is 5.32 Å². The lowest BCUT2D eigenvalue weighted by Gasteiger charge is -2.21. The van der Waals surface area contributed by atoms with Crippen LogP contribution in [0.1, 0.15) is 24.3 Å². The standard InChI is InChI=1S/C13H24N2O3S2/c1-5-15(7-8-18-6-2)20(16,17)13-11(3)10-19-12(13)9-14-4/h10,14H,5-9H2,1-4H3. The monoisotopic (exact) mass is 320 g/mol. The number of likely N-dealkylation sites (N-methyl/N-ethyl adjacent to an activating group) is 1. The molecule has 1 aromatic rings. The van der Waals surface area contributed by atoms with E-state index in [4.69, 9.17) is 4.74 Å². The minimum atomic E-state index is -3.45. The lowest BCUT2D eigenvalue weighted by Crippen LogP contribution is -2.34. The summed E-state index contributed by atoms with van der Waals surface area (Å²) in [6, 6.07) is 0. The van der Waals surface area contributed by atoms with Crippen molar-refractivity contribution < 1.29 is 13.2 Å². The Hall–Kier alpha value is -0.470. The van der Waals surface area contributed by atoms with Gasteiger partial charge in [0.2, 0.25) is 10.0 Å². The highest BCUT2D eigenvalue weighted by molar-refractivity contribution is 7.89. The Labute approximate surface area is 126 Å². The minimum absolute atomic E-state index is 0.390. The van der Waals surface area contributed by atoms with Crippen LogP contribution >= 0.6 is 11.3 Å². The first kappa shape index (κ1) is 17.6. The molecule has 0 bridgehead atoms. The molecular formula is C13H24N2O3S2. The smallest absolute Gasteiger partial charge is 0.244 e. The largest absolute Gasteiger partial charge is 0.380 e. The van der Waals surface area contributed by atoms with Crippen molar-refractivity contribution in [2.75, 3.05) is 33.4 Å². The second kappa shape index (κ2) is 8.09. The highest BCUT2D eigenvalue weighted by Gasteiger charge is 2.28. The average molecular weight is 320 g/mol. The molecule has 0 atom stereocenters. The maximum Gasteiger partial charge on any atom is 0.244 e. The average Bonchev–Trinajstić information content (AvgIpc) is 2.76. The highest BCUT2D eigenvalue weighted by atomic mass is 32.2. The van der Waals surface area contributed by atoms with E-state index >= 15 is 0 Å². The Morgan fingerprint density at radius 3 is 2.65 bits per heavy atom. The Balaban J connectivity index is 3.04. The molecule has 0 radical (unpaired) electrons. The first-order valence-electron chi connectivity index (χ1n) is 6.78. The van der Waals surface area contributed by atoms with Crippen LogP contribution in [0.15, 0.2) is 10.3 Å². The lowest BCUT2D eigenvalue weighted by atomic mass is 10.3. The van der Waals surface area contributed by atoms with Gasteiger partial charge in [-0.05, 0) is 31.8 Å². The van der Waals surface area contributed by atoms with Crippen molar-refractivity contribution in [3.63, 3.8) is 0 Å². The van der Waals surface area contributed by atoms with Gasteiger partial charge in [0.25, 0.3) is 0 Å². The fourth-order valence-electron chi connectivity index (χ4n) is 2.00. The number of aryl methyl sites for hydroxylation is 1. The van der Waals surface area contributed by atoms with E-state index in [1.54, 1.807) is 0 Å². The molecule has 0 aliphatic carbocycles. The van der Waals surface area contributed by atoms with Crippen LogP contribution in [0.5, 0.6) is 0 Å². The summed E-state index contributed by atoms with van der Waals surface area (Å²) in [5.41, 5.74) is 0.815. The summed E-state index contributed by atoms with van der Waals surface area (Å²) >= 11 is 1.48. The van der Waals surface area contributed by atoms with Crippen LogP contribution < -0.4 is 5.32 Å². The van der Waals surface area contributed by atoms with E-state index in [-0.39, 0.29) is 0 Å². The van der Waals surface area contributed by atoms with Crippen molar-refractivity contribution in [2.24, 2.45) is 0 Å².